The first-order chi connectivity index (χ1) is 5.88. The molecule has 3 heteroatoms. The molecule has 2 aliphatic rings. The second-order valence-corrected chi connectivity index (χ2v) is 3.79. The minimum Gasteiger partial charge on any atom is -0.360 e. The standard InChI is InChI=1S/C9H18N2O/c1-11-6-3-2-4-8(11)9-10-5-7-12-9/h8-10H,2-7H2,1H3. The average molecular weight is 170 g/mol. The van der Waals surface area contributed by atoms with Gasteiger partial charge in [-0.05, 0) is 26.4 Å². The van der Waals surface area contributed by atoms with Gasteiger partial charge in [0.25, 0.3) is 0 Å². The number of piperidine rings is 1. The zero-order valence-electron chi connectivity index (χ0n) is 7.75. The normalized spacial score (nSPS) is 38.8. The van der Waals surface area contributed by atoms with Gasteiger partial charge in [-0.25, -0.2) is 0 Å². The molecule has 2 heterocycles. The van der Waals surface area contributed by atoms with Gasteiger partial charge in [-0.3, -0.25) is 10.2 Å². The van der Waals surface area contributed by atoms with Crippen LogP contribution in [-0.2, 0) is 4.74 Å². The van der Waals surface area contributed by atoms with Gasteiger partial charge in [0.05, 0.1) is 6.61 Å². The van der Waals surface area contributed by atoms with Crippen LogP contribution >= 0.6 is 0 Å². The van der Waals surface area contributed by atoms with Gasteiger partial charge in [-0.1, -0.05) is 6.42 Å². The van der Waals surface area contributed by atoms with E-state index >= 15 is 0 Å². The van der Waals surface area contributed by atoms with Crippen LogP contribution in [-0.4, -0.2) is 43.9 Å². The smallest absolute Gasteiger partial charge is 0.123 e. The summed E-state index contributed by atoms with van der Waals surface area (Å²) in [6.07, 6.45) is 4.29. The molecule has 0 aromatic carbocycles. The molecule has 3 nitrogen and oxygen atoms in total. The third kappa shape index (κ3) is 1.63. The van der Waals surface area contributed by atoms with Gasteiger partial charge in [0.2, 0.25) is 0 Å². The molecule has 2 aliphatic heterocycles. The molecule has 0 amide bonds. The van der Waals surface area contributed by atoms with E-state index < -0.39 is 0 Å². The third-order valence-corrected chi connectivity index (χ3v) is 2.92. The lowest BCUT2D eigenvalue weighted by Gasteiger charge is -2.35. The lowest BCUT2D eigenvalue weighted by atomic mass is 10.0. The third-order valence-electron chi connectivity index (χ3n) is 2.92. The monoisotopic (exact) mass is 170 g/mol. The van der Waals surface area contributed by atoms with E-state index in [0.29, 0.717) is 12.3 Å². The summed E-state index contributed by atoms with van der Waals surface area (Å²) in [6.45, 7) is 3.14. The largest absolute Gasteiger partial charge is 0.360 e. The van der Waals surface area contributed by atoms with Crippen molar-refractivity contribution < 1.29 is 4.74 Å². The van der Waals surface area contributed by atoms with Crippen molar-refractivity contribution in [3.8, 4) is 0 Å². The second-order valence-electron chi connectivity index (χ2n) is 3.79. The van der Waals surface area contributed by atoms with Crippen molar-refractivity contribution in [2.75, 3.05) is 26.7 Å². The van der Waals surface area contributed by atoms with Crippen molar-refractivity contribution in [1.82, 2.24) is 10.2 Å². The molecular formula is C9H18N2O. The maximum Gasteiger partial charge on any atom is 0.123 e. The number of hydrogen-bond donors (Lipinski definition) is 1. The second kappa shape index (κ2) is 3.73. The van der Waals surface area contributed by atoms with Crippen LogP contribution in [0.1, 0.15) is 19.3 Å². The first-order valence-electron chi connectivity index (χ1n) is 4.93. The quantitative estimate of drug-likeness (QED) is 0.617. The van der Waals surface area contributed by atoms with E-state index in [4.69, 9.17) is 4.74 Å². The highest BCUT2D eigenvalue weighted by Crippen LogP contribution is 2.19. The Bertz CT molecular complexity index is 145. The van der Waals surface area contributed by atoms with Gasteiger partial charge in [0.1, 0.15) is 6.23 Å². The van der Waals surface area contributed by atoms with Crippen LogP contribution in [0, 0.1) is 0 Å². The molecule has 0 bridgehead atoms. The highest BCUT2D eigenvalue weighted by Gasteiger charge is 2.29. The van der Waals surface area contributed by atoms with Gasteiger partial charge in [0, 0.05) is 12.6 Å². The highest BCUT2D eigenvalue weighted by atomic mass is 16.5. The van der Waals surface area contributed by atoms with E-state index in [1.165, 1.54) is 25.8 Å². The zero-order chi connectivity index (χ0) is 8.39. The van der Waals surface area contributed by atoms with E-state index in [1.807, 2.05) is 0 Å². The number of ether oxygens (including phenoxy) is 1. The molecule has 12 heavy (non-hydrogen) atoms. The van der Waals surface area contributed by atoms with Crippen LogP contribution in [0.4, 0.5) is 0 Å². The van der Waals surface area contributed by atoms with Gasteiger partial charge >= 0.3 is 0 Å². The molecule has 0 spiro atoms. The molecule has 0 aliphatic carbocycles. The molecule has 0 radical (unpaired) electrons. The fourth-order valence-corrected chi connectivity index (χ4v) is 2.18. The highest BCUT2D eigenvalue weighted by molar-refractivity contribution is 4.82. The summed E-state index contributed by atoms with van der Waals surface area (Å²) < 4.78 is 5.61. The lowest BCUT2D eigenvalue weighted by molar-refractivity contribution is 0.00819. The topological polar surface area (TPSA) is 24.5 Å². The Morgan fingerprint density at radius 2 is 2.33 bits per heavy atom. The molecule has 0 aromatic heterocycles. The van der Waals surface area contributed by atoms with E-state index in [0.717, 1.165) is 13.2 Å². The van der Waals surface area contributed by atoms with Crippen LogP contribution in [0.5, 0.6) is 0 Å². The SMILES string of the molecule is CN1CCCCC1C1NCCO1. The number of nitrogens with zero attached hydrogens (tertiary/aromatic N) is 1. The number of hydrogen-bond acceptors (Lipinski definition) is 3. The van der Waals surface area contributed by atoms with Crippen molar-refractivity contribution in [3.63, 3.8) is 0 Å². The lowest BCUT2D eigenvalue weighted by Crippen LogP contribution is -2.48. The number of rotatable bonds is 1. The summed E-state index contributed by atoms with van der Waals surface area (Å²) >= 11 is 0. The van der Waals surface area contributed by atoms with Crippen molar-refractivity contribution in [2.45, 2.75) is 31.5 Å². The Morgan fingerprint density at radius 1 is 1.42 bits per heavy atom. The molecule has 2 rings (SSSR count). The Kier molecular flexibility index (Phi) is 2.63. The minimum atomic E-state index is 0.301. The van der Waals surface area contributed by atoms with E-state index in [1.54, 1.807) is 0 Å². The molecule has 2 unspecified atom stereocenters. The predicted molar refractivity (Wildman–Crippen MR) is 48.0 cm³/mol. The first kappa shape index (κ1) is 8.48. The Hall–Kier alpha value is -0.120. The Balaban J connectivity index is 1.91. The van der Waals surface area contributed by atoms with Crippen LogP contribution in [0.25, 0.3) is 0 Å². The number of likely N-dealkylation sites (tertiary alicyclic amines) is 1. The van der Waals surface area contributed by atoms with Crippen LogP contribution in [0.2, 0.25) is 0 Å². The molecular weight excluding hydrogens is 152 g/mol. The van der Waals surface area contributed by atoms with Crippen molar-refractivity contribution >= 4 is 0 Å². The fraction of sp³-hybridized carbons (Fsp3) is 1.00. The summed E-state index contributed by atoms with van der Waals surface area (Å²) in [7, 11) is 2.20. The van der Waals surface area contributed by atoms with Gasteiger partial charge in [0.15, 0.2) is 0 Å². The summed E-state index contributed by atoms with van der Waals surface area (Å²) in [5, 5.41) is 3.39. The average Bonchev–Trinajstić information content (AvgIpc) is 2.57. The summed E-state index contributed by atoms with van der Waals surface area (Å²) in [4.78, 5) is 2.42. The number of nitrogens with one attached hydrogen (secondary N) is 1. The molecule has 70 valence electrons. The molecule has 0 aromatic rings. The molecule has 2 atom stereocenters. The predicted octanol–water partition coefficient (Wildman–Crippen LogP) is 0.417. The minimum absolute atomic E-state index is 0.301. The fourth-order valence-electron chi connectivity index (χ4n) is 2.18. The molecule has 0 saturated carbocycles. The van der Waals surface area contributed by atoms with Crippen molar-refractivity contribution in [1.29, 1.82) is 0 Å². The van der Waals surface area contributed by atoms with Gasteiger partial charge < -0.3 is 4.74 Å². The van der Waals surface area contributed by atoms with Gasteiger partial charge in [-0.15, -0.1) is 0 Å². The van der Waals surface area contributed by atoms with Crippen LogP contribution < -0.4 is 5.32 Å². The summed E-state index contributed by atoms with van der Waals surface area (Å²) in [5.74, 6) is 0. The van der Waals surface area contributed by atoms with Gasteiger partial charge in [-0.2, -0.15) is 0 Å². The van der Waals surface area contributed by atoms with Crippen LogP contribution in [0.3, 0.4) is 0 Å². The maximum atomic E-state index is 5.61. The summed E-state index contributed by atoms with van der Waals surface area (Å²) in [6, 6.07) is 0.612. The van der Waals surface area contributed by atoms with Crippen molar-refractivity contribution in [2.24, 2.45) is 0 Å². The maximum absolute atomic E-state index is 5.61. The van der Waals surface area contributed by atoms with E-state index in [2.05, 4.69) is 17.3 Å². The van der Waals surface area contributed by atoms with Crippen LogP contribution in [0.15, 0.2) is 0 Å². The molecule has 2 saturated heterocycles. The Labute approximate surface area is 74.1 Å². The first-order valence-corrected chi connectivity index (χ1v) is 4.93. The Morgan fingerprint density at radius 3 is 3.00 bits per heavy atom. The molecule has 1 N–H and O–H groups in total. The zero-order valence-corrected chi connectivity index (χ0v) is 7.75. The van der Waals surface area contributed by atoms with E-state index in [-0.39, 0.29) is 0 Å². The number of likely N-dealkylation sites (N-methyl/N-ethyl adjacent to an activating group) is 1. The summed E-state index contributed by atoms with van der Waals surface area (Å²) in [5.41, 5.74) is 0. The van der Waals surface area contributed by atoms with Crippen molar-refractivity contribution in [3.05, 3.63) is 0 Å². The van der Waals surface area contributed by atoms with E-state index in [9.17, 15) is 0 Å². The molecule has 2 fully saturated rings.